The van der Waals surface area contributed by atoms with Crippen molar-refractivity contribution >= 4 is 5.82 Å². The molecule has 4 nitrogen and oxygen atoms in total. The van der Waals surface area contributed by atoms with Crippen LogP contribution in [-0.2, 0) is 11.3 Å². The maximum Gasteiger partial charge on any atom is 0.133 e. The number of anilines is 1. The molecule has 0 saturated carbocycles. The van der Waals surface area contributed by atoms with Gasteiger partial charge in [0.25, 0.3) is 0 Å². The van der Waals surface area contributed by atoms with Crippen LogP contribution in [0.3, 0.4) is 0 Å². The van der Waals surface area contributed by atoms with E-state index in [0.29, 0.717) is 12.5 Å². The summed E-state index contributed by atoms with van der Waals surface area (Å²) in [6.07, 6.45) is 1.42. The predicted octanol–water partition coefficient (Wildman–Crippen LogP) is 2.02. The third-order valence-corrected chi connectivity index (χ3v) is 4.15. The molecule has 0 spiro atoms. The Morgan fingerprint density at radius 2 is 2.21 bits per heavy atom. The van der Waals surface area contributed by atoms with Crippen LogP contribution in [0.1, 0.15) is 30.2 Å². The number of aryl methyl sites for hydroxylation is 2. The number of nitrogens with zero attached hydrogens (tertiary/aromatic N) is 2. The molecule has 1 saturated heterocycles. The molecular formula is C15H25N3O. The van der Waals surface area contributed by atoms with Crippen LogP contribution in [0.4, 0.5) is 5.82 Å². The van der Waals surface area contributed by atoms with E-state index in [9.17, 15) is 0 Å². The van der Waals surface area contributed by atoms with Crippen molar-refractivity contribution in [3.05, 3.63) is 22.9 Å². The lowest BCUT2D eigenvalue weighted by molar-refractivity contribution is 0.0496. The molecule has 19 heavy (non-hydrogen) atoms. The molecule has 2 atom stereocenters. The van der Waals surface area contributed by atoms with Gasteiger partial charge < -0.3 is 15.4 Å². The highest BCUT2D eigenvalue weighted by Gasteiger charge is 2.28. The summed E-state index contributed by atoms with van der Waals surface area (Å²) in [6.45, 7) is 8.88. The third kappa shape index (κ3) is 2.90. The van der Waals surface area contributed by atoms with Gasteiger partial charge in [-0.3, -0.25) is 0 Å². The van der Waals surface area contributed by atoms with Crippen molar-refractivity contribution in [2.45, 2.75) is 39.8 Å². The molecule has 1 aromatic rings. The molecule has 2 rings (SSSR count). The van der Waals surface area contributed by atoms with Gasteiger partial charge >= 0.3 is 0 Å². The van der Waals surface area contributed by atoms with Crippen LogP contribution < -0.4 is 10.6 Å². The number of hydrogen-bond donors (Lipinski definition) is 1. The summed E-state index contributed by atoms with van der Waals surface area (Å²) in [5, 5.41) is 0. The number of ether oxygens (including phenoxy) is 1. The van der Waals surface area contributed by atoms with Crippen molar-refractivity contribution in [2.24, 2.45) is 11.7 Å². The zero-order valence-corrected chi connectivity index (χ0v) is 12.4. The standard InChI is InChI=1S/C15H25N3O/c1-10-5-6-18(9-14(10)19-4)15-13(8-16)11(2)7-12(3)17-15/h7,10,14H,5-6,8-9,16H2,1-4H3. The van der Waals surface area contributed by atoms with Gasteiger partial charge in [0.1, 0.15) is 5.82 Å². The van der Waals surface area contributed by atoms with Gasteiger partial charge in [0, 0.05) is 38.0 Å². The minimum Gasteiger partial charge on any atom is -0.379 e. The molecule has 1 aliphatic heterocycles. The molecule has 1 fully saturated rings. The van der Waals surface area contributed by atoms with Gasteiger partial charge in [0.2, 0.25) is 0 Å². The third-order valence-electron chi connectivity index (χ3n) is 4.15. The van der Waals surface area contributed by atoms with Crippen LogP contribution in [0.15, 0.2) is 6.07 Å². The van der Waals surface area contributed by atoms with E-state index in [1.807, 2.05) is 6.92 Å². The molecule has 2 N–H and O–H groups in total. The molecule has 106 valence electrons. The average Bonchev–Trinajstić information content (AvgIpc) is 2.38. The topological polar surface area (TPSA) is 51.4 Å². The summed E-state index contributed by atoms with van der Waals surface area (Å²) in [5.74, 6) is 1.66. The summed E-state index contributed by atoms with van der Waals surface area (Å²) >= 11 is 0. The summed E-state index contributed by atoms with van der Waals surface area (Å²) in [6, 6.07) is 2.10. The second-order valence-corrected chi connectivity index (χ2v) is 5.57. The Labute approximate surface area is 116 Å². The van der Waals surface area contributed by atoms with Crippen LogP contribution in [0.25, 0.3) is 0 Å². The molecule has 4 heteroatoms. The summed E-state index contributed by atoms with van der Waals surface area (Å²) in [5.41, 5.74) is 9.35. The van der Waals surface area contributed by atoms with Crippen molar-refractivity contribution in [1.29, 1.82) is 0 Å². The molecule has 0 amide bonds. The van der Waals surface area contributed by atoms with Crippen LogP contribution in [-0.4, -0.2) is 31.3 Å². The van der Waals surface area contributed by atoms with Gasteiger partial charge in [0.15, 0.2) is 0 Å². The van der Waals surface area contributed by atoms with E-state index in [2.05, 4.69) is 24.8 Å². The smallest absolute Gasteiger partial charge is 0.133 e. The van der Waals surface area contributed by atoms with Gasteiger partial charge in [-0.1, -0.05) is 6.92 Å². The first-order valence-electron chi connectivity index (χ1n) is 7.01. The van der Waals surface area contributed by atoms with E-state index in [4.69, 9.17) is 15.5 Å². The van der Waals surface area contributed by atoms with E-state index < -0.39 is 0 Å². The molecule has 2 unspecified atom stereocenters. The minimum absolute atomic E-state index is 0.280. The second-order valence-electron chi connectivity index (χ2n) is 5.57. The molecule has 2 heterocycles. The lowest BCUT2D eigenvalue weighted by Gasteiger charge is -2.38. The van der Waals surface area contributed by atoms with Crippen molar-refractivity contribution in [3.63, 3.8) is 0 Å². The van der Waals surface area contributed by atoms with Crippen molar-refractivity contribution < 1.29 is 4.74 Å². The zero-order chi connectivity index (χ0) is 14.0. The van der Waals surface area contributed by atoms with Gasteiger partial charge in [-0.05, 0) is 37.8 Å². The first-order valence-corrected chi connectivity index (χ1v) is 7.01. The Morgan fingerprint density at radius 3 is 2.84 bits per heavy atom. The van der Waals surface area contributed by atoms with E-state index >= 15 is 0 Å². The molecular weight excluding hydrogens is 238 g/mol. The Kier molecular flexibility index (Phi) is 4.42. The monoisotopic (exact) mass is 263 g/mol. The first kappa shape index (κ1) is 14.3. The zero-order valence-electron chi connectivity index (χ0n) is 12.4. The molecule has 0 aliphatic carbocycles. The maximum absolute atomic E-state index is 5.90. The van der Waals surface area contributed by atoms with E-state index in [-0.39, 0.29) is 6.10 Å². The van der Waals surface area contributed by atoms with E-state index in [1.165, 1.54) is 5.56 Å². The highest BCUT2D eigenvalue weighted by Crippen LogP contribution is 2.28. The van der Waals surface area contributed by atoms with Gasteiger partial charge in [-0.15, -0.1) is 0 Å². The predicted molar refractivity (Wildman–Crippen MR) is 78.4 cm³/mol. The Morgan fingerprint density at radius 1 is 1.47 bits per heavy atom. The number of methoxy groups -OCH3 is 1. The number of pyridine rings is 1. The fourth-order valence-corrected chi connectivity index (χ4v) is 2.89. The summed E-state index contributed by atoms with van der Waals surface area (Å²) in [7, 11) is 1.80. The van der Waals surface area contributed by atoms with Crippen molar-refractivity contribution in [2.75, 3.05) is 25.1 Å². The largest absolute Gasteiger partial charge is 0.379 e. The Balaban J connectivity index is 2.31. The number of rotatable bonds is 3. The lowest BCUT2D eigenvalue weighted by atomic mass is 9.95. The molecule has 1 aliphatic rings. The van der Waals surface area contributed by atoms with Gasteiger partial charge in [-0.2, -0.15) is 0 Å². The number of hydrogen-bond acceptors (Lipinski definition) is 4. The number of piperidine rings is 1. The van der Waals surface area contributed by atoms with Crippen LogP contribution in [0.5, 0.6) is 0 Å². The molecule has 0 aromatic carbocycles. The normalized spacial score (nSPS) is 23.7. The van der Waals surface area contributed by atoms with E-state index in [0.717, 1.165) is 36.6 Å². The van der Waals surface area contributed by atoms with Crippen LogP contribution >= 0.6 is 0 Å². The second kappa shape index (κ2) is 5.88. The van der Waals surface area contributed by atoms with Gasteiger partial charge in [-0.25, -0.2) is 4.98 Å². The highest BCUT2D eigenvalue weighted by molar-refractivity contribution is 5.52. The highest BCUT2D eigenvalue weighted by atomic mass is 16.5. The van der Waals surface area contributed by atoms with Gasteiger partial charge in [0.05, 0.1) is 6.10 Å². The maximum atomic E-state index is 5.90. The Bertz CT molecular complexity index is 447. The summed E-state index contributed by atoms with van der Waals surface area (Å²) in [4.78, 5) is 7.04. The van der Waals surface area contributed by atoms with Crippen LogP contribution in [0, 0.1) is 19.8 Å². The number of nitrogens with two attached hydrogens (primary N) is 1. The minimum atomic E-state index is 0.280. The molecule has 0 bridgehead atoms. The van der Waals surface area contributed by atoms with Crippen molar-refractivity contribution in [3.8, 4) is 0 Å². The Hall–Kier alpha value is -1.13. The fourth-order valence-electron chi connectivity index (χ4n) is 2.89. The van der Waals surface area contributed by atoms with Crippen molar-refractivity contribution in [1.82, 2.24) is 4.98 Å². The van der Waals surface area contributed by atoms with E-state index in [1.54, 1.807) is 7.11 Å². The quantitative estimate of drug-likeness (QED) is 0.906. The molecule has 0 radical (unpaired) electrons. The molecule has 1 aromatic heterocycles. The average molecular weight is 263 g/mol. The van der Waals surface area contributed by atoms with Crippen LogP contribution in [0.2, 0.25) is 0 Å². The first-order chi connectivity index (χ1) is 9.06. The lowest BCUT2D eigenvalue weighted by Crippen LogP contribution is -2.44. The fraction of sp³-hybridized carbons (Fsp3) is 0.667. The summed E-state index contributed by atoms with van der Waals surface area (Å²) < 4.78 is 5.59. The number of aromatic nitrogens is 1. The SMILES string of the molecule is COC1CN(c2nc(C)cc(C)c2CN)CCC1C.